The van der Waals surface area contributed by atoms with E-state index in [1.807, 2.05) is 32.0 Å². The highest BCUT2D eigenvalue weighted by Crippen LogP contribution is 2.30. The number of hydrogen-bond donors (Lipinski definition) is 1. The zero-order chi connectivity index (χ0) is 16.4. The average Bonchev–Trinajstić information content (AvgIpc) is 2.87. The van der Waals surface area contributed by atoms with Gasteiger partial charge in [0, 0.05) is 13.6 Å². The molecule has 2 atom stereocenters. The molecule has 22 heavy (non-hydrogen) atoms. The molecule has 0 bridgehead atoms. The topological polar surface area (TPSA) is 66.6 Å². The van der Waals surface area contributed by atoms with Gasteiger partial charge in [-0.15, -0.1) is 0 Å². The Morgan fingerprint density at radius 3 is 2.64 bits per heavy atom. The third-order valence-electron chi connectivity index (χ3n) is 4.14. The standard InChI is InChI=1S/C16H22ClN3O2/c1-10(2)14(18)16(22)19(3)13-8-9-20(15(13)21)12-7-5-4-6-11(12)17/h4-7,10,13-14H,8-9,18H2,1-3H3/t13?,14-/m0/s1. The van der Waals surface area contributed by atoms with Crippen LogP contribution in [0.15, 0.2) is 24.3 Å². The number of para-hydroxylation sites is 1. The van der Waals surface area contributed by atoms with Crippen molar-refractivity contribution in [2.45, 2.75) is 32.4 Å². The number of rotatable bonds is 4. The van der Waals surface area contributed by atoms with Crippen LogP contribution < -0.4 is 10.6 Å². The van der Waals surface area contributed by atoms with Gasteiger partial charge in [0.1, 0.15) is 6.04 Å². The van der Waals surface area contributed by atoms with Crippen LogP contribution in [0.3, 0.4) is 0 Å². The van der Waals surface area contributed by atoms with Crippen molar-refractivity contribution in [1.82, 2.24) is 4.90 Å². The van der Waals surface area contributed by atoms with Crippen molar-refractivity contribution in [2.24, 2.45) is 11.7 Å². The summed E-state index contributed by atoms with van der Waals surface area (Å²) in [6.07, 6.45) is 0.580. The van der Waals surface area contributed by atoms with Crippen molar-refractivity contribution < 1.29 is 9.59 Å². The molecule has 1 saturated heterocycles. The number of nitrogens with zero attached hydrogens (tertiary/aromatic N) is 2. The maximum absolute atomic E-state index is 12.6. The number of likely N-dealkylation sites (N-methyl/N-ethyl adjacent to an activating group) is 1. The van der Waals surface area contributed by atoms with Gasteiger partial charge in [0.05, 0.1) is 16.8 Å². The zero-order valence-electron chi connectivity index (χ0n) is 13.1. The SMILES string of the molecule is CC(C)[C@H](N)C(=O)N(C)C1CCN(c2ccccc2Cl)C1=O. The molecule has 0 radical (unpaired) electrons. The molecule has 120 valence electrons. The van der Waals surface area contributed by atoms with Crippen molar-refractivity contribution in [3.05, 3.63) is 29.3 Å². The van der Waals surface area contributed by atoms with Gasteiger partial charge in [-0.25, -0.2) is 0 Å². The van der Waals surface area contributed by atoms with Gasteiger partial charge in [-0.1, -0.05) is 37.6 Å². The van der Waals surface area contributed by atoms with Crippen LogP contribution in [0.1, 0.15) is 20.3 Å². The first kappa shape index (κ1) is 16.8. The molecular weight excluding hydrogens is 302 g/mol. The Bertz CT molecular complexity index is 576. The average molecular weight is 324 g/mol. The Labute approximate surface area is 136 Å². The minimum absolute atomic E-state index is 0.0334. The molecule has 2 amide bonds. The molecule has 0 saturated carbocycles. The highest BCUT2D eigenvalue weighted by Gasteiger charge is 2.39. The maximum Gasteiger partial charge on any atom is 0.249 e. The van der Waals surface area contributed by atoms with Gasteiger partial charge in [0.15, 0.2) is 0 Å². The molecule has 1 fully saturated rings. The number of halogens is 1. The van der Waals surface area contributed by atoms with E-state index in [4.69, 9.17) is 17.3 Å². The third kappa shape index (κ3) is 3.10. The van der Waals surface area contributed by atoms with E-state index in [0.29, 0.717) is 23.7 Å². The van der Waals surface area contributed by atoms with Gasteiger partial charge in [0.2, 0.25) is 11.8 Å². The molecule has 0 spiro atoms. The second kappa shape index (κ2) is 6.67. The van der Waals surface area contributed by atoms with Crippen LogP contribution in [-0.2, 0) is 9.59 Å². The van der Waals surface area contributed by atoms with Crippen LogP contribution in [0.25, 0.3) is 0 Å². The lowest BCUT2D eigenvalue weighted by Gasteiger charge is -2.28. The molecule has 0 aromatic heterocycles. The summed E-state index contributed by atoms with van der Waals surface area (Å²) >= 11 is 6.16. The summed E-state index contributed by atoms with van der Waals surface area (Å²) in [4.78, 5) is 28.1. The molecule has 1 aromatic carbocycles. The molecule has 1 heterocycles. The normalized spacial score (nSPS) is 19.6. The zero-order valence-corrected chi connectivity index (χ0v) is 13.9. The van der Waals surface area contributed by atoms with E-state index in [2.05, 4.69) is 0 Å². The summed E-state index contributed by atoms with van der Waals surface area (Å²) < 4.78 is 0. The summed E-state index contributed by atoms with van der Waals surface area (Å²) in [5.74, 6) is -0.277. The Morgan fingerprint density at radius 1 is 1.41 bits per heavy atom. The first-order chi connectivity index (χ1) is 10.3. The van der Waals surface area contributed by atoms with Crippen molar-refractivity contribution in [2.75, 3.05) is 18.5 Å². The van der Waals surface area contributed by atoms with Crippen molar-refractivity contribution in [3.63, 3.8) is 0 Å². The highest BCUT2D eigenvalue weighted by molar-refractivity contribution is 6.34. The molecule has 2 rings (SSSR count). The quantitative estimate of drug-likeness (QED) is 0.920. The van der Waals surface area contributed by atoms with Crippen LogP contribution >= 0.6 is 11.6 Å². The summed E-state index contributed by atoms with van der Waals surface area (Å²) in [5, 5.41) is 0.532. The predicted octanol–water partition coefficient (Wildman–Crippen LogP) is 1.89. The summed E-state index contributed by atoms with van der Waals surface area (Å²) in [5.41, 5.74) is 6.59. The Hall–Kier alpha value is -1.59. The number of carbonyl (C=O) groups excluding carboxylic acids is 2. The van der Waals surface area contributed by atoms with Crippen LogP contribution in [0, 0.1) is 5.92 Å². The van der Waals surface area contributed by atoms with Crippen LogP contribution in [0.2, 0.25) is 5.02 Å². The van der Waals surface area contributed by atoms with Gasteiger partial charge in [0.25, 0.3) is 0 Å². The molecule has 5 nitrogen and oxygen atoms in total. The minimum atomic E-state index is -0.591. The summed E-state index contributed by atoms with van der Waals surface area (Å²) in [6, 6.07) is 6.15. The second-order valence-electron chi connectivity index (χ2n) is 5.96. The number of anilines is 1. The number of amides is 2. The maximum atomic E-state index is 12.6. The van der Waals surface area contributed by atoms with Gasteiger partial charge in [-0.3, -0.25) is 9.59 Å². The fourth-order valence-electron chi connectivity index (χ4n) is 2.61. The van der Waals surface area contributed by atoms with Crippen molar-refractivity contribution in [3.8, 4) is 0 Å². The van der Waals surface area contributed by atoms with E-state index in [1.165, 1.54) is 4.90 Å². The molecule has 6 heteroatoms. The highest BCUT2D eigenvalue weighted by atomic mass is 35.5. The van der Waals surface area contributed by atoms with E-state index >= 15 is 0 Å². The van der Waals surface area contributed by atoms with Crippen molar-refractivity contribution in [1.29, 1.82) is 0 Å². The van der Waals surface area contributed by atoms with Crippen molar-refractivity contribution >= 4 is 29.1 Å². The molecule has 1 aliphatic rings. The monoisotopic (exact) mass is 323 g/mol. The fourth-order valence-corrected chi connectivity index (χ4v) is 2.85. The lowest BCUT2D eigenvalue weighted by Crippen LogP contribution is -2.51. The Morgan fingerprint density at radius 2 is 2.05 bits per heavy atom. The molecule has 1 unspecified atom stereocenters. The van der Waals surface area contributed by atoms with E-state index in [-0.39, 0.29) is 17.7 Å². The lowest BCUT2D eigenvalue weighted by molar-refractivity contribution is -0.138. The number of nitrogens with two attached hydrogens (primary N) is 1. The summed E-state index contributed by atoms with van der Waals surface area (Å²) in [7, 11) is 1.64. The van der Waals surface area contributed by atoms with E-state index < -0.39 is 12.1 Å². The van der Waals surface area contributed by atoms with E-state index in [0.717, 1.165) is 0 Å². The molecule has 2 N–H and O–H groups in total. The fraction of sp³-hybridized carbons (Fsp3) is 0.500. The first-order valence-corrected chi connectivity index (χ1v) is 7.80. The number of hydrogen-bond acceptors (Lipinski definition) is 3. The van der Waals surface area contributed by atoms with Crippen LogP contribution in [0.4, 0.5) is 5.69 Å². The van der Waals surface area contributed by atoms with Gasteiger partial charge in [-0.2, -0.15) is 0 Å². The smallest absolute Gasteiger partial charge is 0.249 e. The molecular formula is C16H22ClN3O2. The van der Waals surface area contributed by atoms with Gasteiger partial charge < -0.3 is 15.5 Å². The van der Waals surface area contributed by atoms with Crippen LogP contribution in [-0.4, -0.2) is 42.4 Å². The minimum Gasteiger partial charge on any atom is -0.332 e. The van der Waals surface area contributed by atoms with Crippen LogP contribution in [0.5, 0.6) is 0 Å². The summed E-state index contributed by atoms with van der Waals surface area (Å²) in [6.45, 7) is 4.33. The third-order valence-corrected chi connectivity index (χ3v) is 4.46. The van der Waals surface area contributed by atoms with E-state index in [1.54, 1.807) is 18.0 Å². The molecule has 0 aliphatic carbocycles. The molecule has 1 aromatic rings. The number of benzene rings is 1. The Balaban J connectivity index is 2.15. The predicted molar refractivity (Wildman–Crippen MR) is 87.8 cm³/mol. The van der Waals surface area contributed by atoms with E-state index in [9.17, 15) is 9.59 Å². The van der Waals surface area contributed by atoms with Gasteiger partial charge in [-0.05, 0) is 24.5 Å². The molecule has 1 aliphatic heterocycles. The Kier molecular flexibility index (Phi) is 5.08. The lowest BCUT2D eigenvalue weighted by atomic mass is 10.0. The van der Waals surface area contributed by atoms with Gasteiger partial charge >= 0.3 is 0 Å². The second-order valence-corrected chi connectivity index (χ2v) is 6.37. The first-order valence-electron chi connectivity index (χ1n) is 7.42. The number of carbonyl (C=O) groups is 2. The largest absolute Gasteiger partial charge is 0.332 e.